The van der Waals surface area contributed by atoms with Crippen LogP contribution in [0.4, 0.5) is 5.82 Å². The van der Waals surface area contributed by atoms with Crippen LogP contribution in [0.3, 0.4) is 0 Å². The van der Waals surface area contributed by atoms with E-state index in [-0.39, 0.29) is 18.2 Å². The molecule has 0 atom stereocenters. The lowest BCUT2D eigenvalue weighted by molar-refractivity contribution is 0.101. The van der Waals surface area contributed by atoms with Gasteiger partial charge in [0.15, 0.2) is 18.2 Å². The van der Waals surface area contributed by atoms with Crippen LogP contribution in [0.25, 0.3) is 0 Å². The van der Waals surface area contributed by atoms with E-state index in [1.54, 1.807) is 47.4 Å². The Bertz CT molecular complexity index is 1260. The minimum Gasteiger partial charge on any atom is -0.470 e. The zero-order valence-corrected chi connectivity index (χ0v) is 20.2. The molecule has 1 N–H and O–H groups in total. The Hall–Kier alpha value is -2.52. The molecule has 11 heteroatoms. The molecular formula is C21H15BrCl3N5O2. The van der Waals surface area contributed by atoms with Crippen LogP contribution in [0.2, 0.25) is 15.1 Å². The van der Waals surface area contributed by atoms with Gasteiger partial charge in [-0.3, -0.25) is 9.48 Å². The quantitative estimate of drug-likeness (QED) is 0.297. The molecule has 0 saturated heterocycles. The number of anilines is 1. The lowest BCUT2D eigenvalue weighted by Crippen LogP contribution is -2.15. The van der Waals surface area contributed by atoms with Crippen molar-refractivity contribution < 1.29 is 9.53 Å². The zero-order valence-electron chi connectivity index (χ0n) is 16.3. The van der Waals surface area contributed by atoms with Gasteiger partial charge < -0.3 is 10.1 Å². The lowest BCUT2D eigenvalue weighted by Gasteiger charge is -2.08. The first-order valence-corrected chi connectivity index (χ1v) is 11.2. The number of halogens is 4. The third-order valence-electron chi connectivity index (χ3n) is 4.33. The molecule has 164 valence electrons. The van der Waals surface area contributed by atoms with Crippen LogP contribution in [0, 0.1) is 0 Å². The Morgan fingerprint density at radius 1 is 1.00 bits per heavy atom. The summed E-state index contributed by atoms with van der Waals surface area (Å²) in [7, 11) is 0. The fourth-order valence-corrected chi connectivity index (χ4v) is 3.85. The van der Waals surface area contributed by atoms with E-state index in [9.17, 15) is 4.79 Å². The van der Waals surface area contributed by atoms with Gasteiger partial charge in [0.1, 0.15) is 10.8 Å². The van der Waals surface area contributed by atoms with Crippen LogP contribution in [0.15, 0.2) is 65.4 Å². The standard InChI is InChI=1S/C21H15BrCl3N5O2/c22-14-3-6-19(16(24)9-14)32-12-29-8-7-18(27-29)21(31)26-20-17(25)11-30(28-20)10-13-1-4-15(23)5-2-13/h1-9,11H,10,12H2,(H,26,28,31). The SMILES string of the molecule is O=C(Nc1nn(Cc2ccc(Cl)cc2)cc1Cl)c1ccn(COc2ccc(Br)cc2Cl)n1. The molecule has 0 unspecified atom stereocenters. The molecule has 4 aromatic rings. The number of benzene rings is 2. The van der Waals surface area contributed by atoms with E-state index in [0.717, 1.165) is 10.0 Å². The molecule has 0 bridgehead atoms. The number of nitrogens with one attached hydrogen (secondary N) is 1. The molecule has 0 aliphatic heterocycles. The van der Waals surface area contributed by atoms with Crippen LogP contribution in [-0.4, -0.2) is 25.5 Å². The number of carbonyl (C=O) groups excluding carboxylic acids is 1. The van der Waals surface area contributed by atoms with Crippen molar-refractivity contribution in [1.29, 1.82) is 0 Å². The second kappa shape index (κ2) is 9.95. The fourth-order valence-electron chi connectivity index (χ4n) is 2.79. The molecule has 32 heavy (non-hydrogen) atoms. The summed E-state index contributed by atoms with van der Waals surface area (Å²) >= 11 is 21.6. The first-order chi connectivity index (χ1) is 15.4. The highest BCUT2D eigenvalue weighted by Gasteiger charge is 2.15. The summed E-state index contributed by atoms with van der Waals surface area (Å²) in [5, 5.41) is 12.7. The van der Waals surface area contributed by atoms with E-state index < -0.39 is 5.91 Å². The second-order valence-electron chi connectivity index (χ2n) is 6.69. The zero-order chi connectivity index (χ0) is 22.7. The summed E-state index contributed by atoms with van der Waals surface area (Å²) < 4.78 is 9.61. The average Bonchev–Trinajstić information content (AvgIpc) is 3.36. The van der Waals surface area contributed by atoms with Crippen molar-refractivity contribution >= 4 is 62.5 Å². The first kappa shape index (κ1) is 22.7. The number of hydrogen-bond donors (Lipinski definition) is 1. The van der Waals surface area contributed by atoms with Crippen molar-refractivity contribution in [2.45, 2.75) is 13.3 Å². The fraction of sp³-hybridized carbons (Fsp3) is 0.0952. The normalized spacial score (nSPS) is 10.9. The number of rotatable bonds is 7. The van der Waals surface area contributed by atoms with Gasteiger partial charge in [0.2, 0.25) is 0 Å². The minimum atomic E-state index is -0.441. The summed E-state index contributed by atoms with van der Waals surface area (Å²) in [5.74, 6) is 0.316. The lowest BCUT2D eigenvalue weighted by atomic mass is 10.2. The molecule has 0 fully saturated rings. The highest BCUT2D eigenvalue weighted by atomic mass is 79.9. The number of amides is 1. The minimum absolute atomic E-state index is 0.0884. The summed E-state index contributed by atoms with van der Waals surface area (Å²) in [4.78, 5) is 12.6. The average molecular weight is 556 g/mol. The molecule has 2 heterocycles. The third-order valence-corrected chi connectivity index (χ3v) is 5.64. The van der Waals surface area contributed by atoms with Crippen molar-refractivity contribution in [3.05, 3.63) is 91.7 Å². The smallest absolute Gasteiger partial charge is 0.277 e. The molecule has 4 rings (SSSR count). The Morgan fingerprint density at radius 3 is 2.53 bits per heavy atom. The van der Waals surface area contributed by atoms with E-state index in [1.165, 1.54) is 4.68 Å². The van der Waals surface area contributed by atoms with Gasteiger partial charge in [-0.1, -0.05) is 62.9 Å². The van der Waals surface area contributed by atoms with E-state index in [1.807, 2.05) is 18.2 Å². The summed E-state index contributed by atoms with van der Waals surface area (Å²) in [5.41, 5.74) is 1.19. The van der Waals surface area contributed by atoms with Gasteiger partial charge in [0.05, 0.1) is 11.6 Å². The van der Waals surface area contributed by atoms with Gasteiger partial charge in [0, 0.05) is 21.9 Å². The molecule has 0 saturated carbocycles. The van der Waals surface area contributed by atoms with Crippen molar-refractivity contribution in [2.24, 2.45) is 0 Å². The third kappa shape index (κ3) is 5.63. The number of ether oxygens (including phenoxy) is 1. The highest BCUT2D eigenvalue weighted by molar-refractivity contribution is 9.10. The van der Waals surface area contributed by atoms with Crippen molar-refractivity contribution in [3.63, 3.8) is 0 Å². The van der Waals surface area contributed by atoms with Crippen molar-refractivity contribution in [3.8, 4) is 5.75 Å². The van der Waals surface area contributed by atoms with E-state index in [4.69, 9.17) is 39.5 Å². The Morgan fingerprint density at radius 2 is 1.78 bits per heavy atom. The van der Waals surface area contributed by atoms with E-state index in [0.29, 0.717) is 27.4 Å². The van der Waals surface area contributed by atoms with Crippen molar-refractivity contribution in [2.75, 3.05) is 5.32 Å². The molecule has 1 amide bonds. The van der Waals surface area contributed by atoms with Crippen LogP contribution in [-0.2, 0) is 13.3 Å². The molecule has 0 aliphatic rings. The van der Waals surface area contributed by atoms with Gasteiger partial charge in [-0.15, -0.1) is 0 Å². The predicted octanol–water partition coefficient (Wildman–Crippen LogP) is 6.14. The first-order valence-electron chi connectivity index (χ1n) is 9.27. The van der Waals surface area contributed by atoms with Gasteiger partial charge in [0.25, 0.3) is 5.91 Å². The number of hydrogen-bond acceptors (Lipinski definition) is 4. The topological polar surface area (TPSA) is 74.0 Å². The largest absolute Gasteiger partial charge is 0.470 e. The highest BCUT2D eigenvalue weighted by Crippen LogP contribution is 2.28. The maximum absolute atomic E-state index is 12.6. The predicted molar refractivity (Wildman–Crippen MR) is 128 cm³/mol. The number of nitrogens with zero attached hydrogens (tertiary/aromatic N) is 4. The van der Waals surface area contributed by atoms with E-state index >= 15 is 0 Å². The molecule has 2 aromatic heterocycles. The van der Waals surface area contributed by atoms with Crippen LogP contribution < -0.4 is 10.1 Å². The van der Waals surface area contributed by atoms with Gasteiger partial charge in [-0.05, 0) is 42.0 Å². The van der Waals surface area contributed by atoms with Gasteiger partial charge in [-0.2, -0.15) is 10.2 Å². The van der Waals surface area contributed by atoms with Gasteiger partial charge >= 0.3 is 0 Å². The molecule has 0 aliphatic carbocycles. The second-order valence-corrected chi connectivity index (χ2v) is 8.86. The summed E-state index contributed by atoms with van der Waals surface area (Å²) in [6.07, 6.45) is 3.27. The molecule has 7 nitrogen and oxygen atoms in total. The molecule has 0 radical (unpaired) electrons. The monoisotopic (exact) mass is 553 g/mol. The Labute approximate surface area is 207 Å². The maximum atomic E-state index is 12.6. The van der Waals surface area contributed by atoms with Gasteiger partial charge in [-0.25, -0.2) is 4.68 Å². The summed E-state index contributed by atoms with van der Waals surface area (Å²) in [6, 6.07) is 14.3. The molecular weight excluding hydrogens is 541 g/mol. The molecule has 2 aromatic carbocycles. The van der Waals surface area contributed by atoms with E-state index in [2.05, 4.69) is 31.4 Å². The summed E-state index contributed by atoms with van der Waals surface area (Å²) in [6.45, 7) is 0.572. The number of carbonyl (C=O) groups is 1. The maximum Gasteiger partial charge on any atom is 0.277 e. The van der Waals surface area contributed by atoms with Crippen LogP contribution >= 0.6 is 50.7 Å². The molecule has 0 spiro atoms. The Kier molecular flexibility index (Phi) is 7.05. The number of aromatic nitrogens is 4. The van der Waals surface area contributed by atoms with Crippen LogP contribution in [0.1, 0.15) is 16.1 Å². The Balaban J connectivity index is 1.37. The van der Waals surface area contributed by atoms with Crippen LogP contribution in [0.5, 0.6) is 5.75 Å². The van der Waals surface area contributed by atoms with Crippen molar-refractivity contribution in [1.82, 2.24) is 19.6 Å².